The Morgan fingerprint density at radius 3 is 2.60 bits per heavy atom. The summed E-state index contributed by atoms with van der Waals surface area (Å²) < 4.78 is 27.8. The number of halogens is 4. The Hall–Kier alpha value is -0.970. The molecule has 0 saturated carbocycles. The molecule has 0 aliphatic heterocycles. The number of hydrogen-bond donors (Lipinski definition) is 1. The van der Waals surface area contributed by atoms with Gasteiger partial charge in [0.05, 0.1) is 5.02 Å². The van der Waals surface area contributed by atoms with Crippen LogP contribution in [-0.4, -0.2) is 7.05 Å². The van der Waals surface area contributed by atoms with Crippen molar-refractivity contribution in [1.29, 1.82) is 0 Å². The van der Waals surface area contributed by atoms with E-state index in [1.165, 1.54) is 6.07 Å². The lowest BCUT2D eigenvalue weighted by Crippen LogP contribution is -2.20. The second-order valence-electron chi connectivity index (χ2n) is 4.40. The number of rotatable bonds is 4. The summed E-state index contributed by atoms with van der Waals surface area (Å²) in [5.41, 5.74) is 1.16. The molecule has 20 heavy (non-hydrogen) atoms. The van der Waals surface area contributed by atoms with Gasteiger partial charge in [-0.25, -0.2) is 8.78 Å². The van der Waals surface area contributed by atoms with Crippen molar-refractivity contribution in [2.45, 2.75) is 12.5 Å². The van der Waals surface area contributed by atoms with E-state index in [-0.39, 0.29) is 6.04 Å². The fourth-order valence-corrected chi connectivity index (χ4v) is 2.72. The second-order valence-corrected chi connectivity index (χ2v) is 5.63. The van der Waals surface area contributed by atoms with Gasteiger partial charge in [0.1, 0.15) is 0 Å². The molecule has 2 aromatic carbocycles. The van der Waals surface area contributed by atoms with Gasteiger partial charge in [-0.05, 0) is 52.7 Å². The highest BCUT2D eigenvalue weighted by Crippen LogP contribution is 2.32. The molecule has 1 atom stereocenters. The zero-order chi connectivity index (χ0) is 14.7. The van der Waals surface area contributed by atoms with Crippen molar-refractivity contribution >= 4 is 27.5 Å². The first-order valence-corrected chi connectivity index (χ1v) is 7.25. The maximum atomic E-state index is 13.7. The average Bonchev–Trinajstić information content (AvgIpc) is 2.44. The van der Waals surface area contributed by atoms with Crippen LogP contribution in [0.2, 0.25) is 5.02 Å². The predicted molar refractivity (Wildman–Crippen MR) is 81.0 cm³/mol. The molecule has 0 bridgehead atoms. The van der Waals surface area contributed by atoms with E-state index in [9.17, 15) is 8.78 Å². The van der Waals surface area contributed by atoms with Gasteiger partial charge in [0.15, 0.2) is 11.6 Å². The number of nitrogens with one attached hydrogen (secondary N) is 1. The molecule has 2 rings (SSSR count). The molecular weight excluding hydrogens is 348 g/mol. The van der Waals surface area contributed by atoms with Crippen LogP contribution in [0.25, 0.3) is 0 Å². The van der Waals surface area contributed by atoms with Gasteiger partial charge >= 0.3 is 0 Å². The topological polar surface area (TPSA) is 12.0 Å². The summed E-state index contributed by atoms with van der Waals surface area (Å²) in [4.78, 5) is 0. The summed E-state index contributed by atoms with van der Waals surface area (Å²) in [7, 11) is 1.76. The Morgan fingerprint density at radius 1 is 1.20 bits per heavy atom. The lowest BCUT2D eigenvalue weighted by molar-refractivity contribution is 0.487. The first-order valence-electron chi connectivity index (χ1n) is 6.08. The summed E-state index contributed by atoms with van der Waals surface area (Å²) in [5, 5.41) is 3.66. The van der Waals surface area contributed by atoms with Gasteiger partial charge in [-0.15, -0.1) is 0 Å². The fraction of sp³-hybridized carbons (Fsp3) is 0.200. The summed E-state index contributed by atoms with van der Waals surface area (Å²) in [6.45, 7) is 0. The molecule has 0 aromatic heterocycles. The van der Waals surface area contributed by atoms with Crippen molar-refractivity contribution in [3.63, 3.8) is 0 Å². The van der Waals surface area contributed by atoms with Crippen LogP contribution in [0.4, 0.5) is 8.78 Å². The van der Waals surface area contributed by atoms with Crippen molar-refractivity contribution in [3.05, 3.63) is 68.7 Å². The van der Waals surface area contributed by atoms with Crippen molar-refractivity contribution in [2.75, 3.05) is 7.05 Å². The number of likely N-dealkylation sites (N-methyl/N-ethyl adjacent to an activating group) is 1. The van der Waals surface area contributed by atoms with Gasteiger partial charge in [0.25, 0.3) is 0 Å². The molecule has 5 heteroatoms. The zero-order valence-electron chi connectivity index (χ0n) is 10.8. The van der Waals surface area contributed by atoms with E-state index in [0.717, 1.165) is 16.1 Å². The van der Waals surface area contributed by atoms with E-state index in [1.54, 1.807) is 13.1 Å². The summed E-state index contributed by atoms with van der Waals surface area (Å²) in [6, 6.07) is 9.55. The summed E-state index contributed by atoms with van der Waals surface area (Å²) in [5.74, 6) is -1.64. The first-order chi connectivity index (χ1) is 9.54. The highest BCUT2D eigenvalue weighted by molar-refractivity contribution is 9.10. The van der Waals surface area contributed by atoms with Gasteiger partial charge in [0.2, 0.25) is 0 Å². The van der Waals surface area contributed by atoms with E-state index in [1.807, 2.05) is 18.2 Å². The Kier molecular flexibility index (Phi) is 5.13. The van der Waals surface area contributed by atoms with E-state index in [2.05, 4.69) is 21.2 Å². The SMILES string of the molecule is CNC(Cc1cccc(F)c1F)c1cccc(Br)c1Cl. The molecule has 1 unspecified atom stereocenters. The highest BCUT2D eigenvalue weighted by Gasteiger charge is 2.18. The van der Waals surface area contributed by atoms with Crippen molar-refractivity contribution in [2.24, 2.45) is 0 Å². The number of benzene rings is 2. The van der Waals surface area contributed by atoms with Crippen LogP contribution in [0, 0.1) is 11.6 Å². The molecule has 1 nitrogen and oxygen atoms in total. The third kappa shape index (κ3) is 3.19. The maximum absolute atomic E-state index is 13.7. The minimum atomic E-state index is -0.835. The second kappa shape index (κ2) is 6.66. The maximum Gasteiger partial charge on any atom is 0.162 e. The molecule has 0 aliphatic carbocycles. The van der Waals surface area contributed by atoms with E-state index in [0.29, 0.717) is 17.0 Å². The monoisotopic (exact) mass is 359 g/mol. The Balaban J connectivity index is 2.34. The zero-order valence-corrected chi connectivity index (χ0v) is 13.1. The van der Waals surface area contributed by atoms with Crippen molar-refractivity contribution in [1.82, 2.24) is 5.32 Å². The highest BCUT2D eigenvalue weighted by atomic mass is 79.9. The van der Waals surface area contributed by atoms with Crippen LogP contribution < -0.4 is 5.32 Å². The Bertz CT molecular complexity index is 619. The van der Waals surface area contributed by atoms with Crippen molar-refractivity contribution < 1.29 is 8.78 Å². The number of hydrogen-bond acceptors (Lipinski definition) is 1. The Morgan fingerprint density at radius 2 is 1.90 bits per heavy atom. The summed E-state index contributed by atoms with van der Waals surface area (Å²) in [6.07, 6.45) is 0.316. The molecule has 0 fully saturated rings. The molecule has 0 spiro atoms. The van der Waals surface area contributed by atoms with Crippen LogP contribution in [0.3, 0.4) is 0 Å². The molecule has 2 aromatic rings. The van der Waals surface area contributed by atoms with E-state index >= 15 is 0 Å². The lowest BCUT2D eigenvalue weighted by atomic mass is 9.98. The molecule has 0 heterocycles. The normalized spacial score (nSPS) is 12.4. The molecule has 106 valence electrons. The lowest BCUT2D eigenvalue weighted by Gasteiger charge is -2.19. The molecule has 0 radical (unpaired) electrons. The van der Waals surface area contributed by atoms with Crippen LogP contribution >= 0.6 is 27.5 Å². The minimum Gasteiger partial charge on any atom is -0.313 e. The summed E-state index contributed by atoms with van der Waals surface area (Å²) >= 11 is 9.61. The van der Waals surface area contributed by atoms with Crippen molar-refractivity contribution in [3.8, 4) is 0 Å². The standard InChI is InChI=1S/C15H13BrClF2N/c1-20-13(10-5-3-6-11(16)14(10)17)8-9-4-2-7-12(18)15(9)19/h2-7,13,20H,8H2,1H3. The molecular formula is C15H13BrClF2N. The predicted octanol–water partition coefficient (Wildman–Crippen LogP) is 4.88. The van der Waals surface area contributed by atoms with Crippen LogP contribution in [-0.2, 0) is 6.42 Å². The largest absolute Gasteiger partial charge is 0.313 e. The molecule has 0 amide bonds. The molecule has 0 saturated heterocycles. The Labute approximate surface area is 130 Å². The van der Waals surface area contributed by atoms with Crippen LogP contribution in [0.1, 0.15) is 17.2 Å². The average molecular weight is 361 g/mol. The quantitative estimate of drug-likeness (QED) is 0.819. The third-order valence-corrected chi connectivity index (χ3v) is 4.47. The third-order valence-electron chi connectivity index (χ3n) is 3.16. The van der Waals surface area contributed by atoms with Gasteiger partial charge in [-0.2, -0.15) is 0 Å². The van der Waals surface area contributed by atoms with Gasteiger partial charge in [-0.1, -0.05) is 35.9 Å². The van der Waals surface area contributed by atoms with E-state index < -0.39 is 11.6 Å². The minimum absolute atomic E-state index is 0.198. The molecule has 0 aliphatic rings. The van der Waals surface area contributed by atoms with Gasteiger partial charge in [-0.3, -0.25) is 0 Å². The van der Waals surface area contributed by atoms with Gasteiger partial charge in [0, 0.05) is 10.5 Å². The molecule has 1 N–H and O–H groups in total. The van der Waals surface area contributed by atoms with E-state index in [4.69, 9.17) is 11.6 Å². The van der Waals surface area contributed by atoms with Crippen LogP contribution in [0.15, 0.2) is 40.9 Å². The first kappa shape index (κ1) is 15.4. The van der Waals surface area contributed by atoms with Crippen LogP contribution in [0.5, 0.6) is 0 Å². The van der Waals surface area contributed by atoms with Gasteiger partial charge < -0.3 is 5.32 Å². The fourth-order valence-electron chi connectivity index (χ4n) is 2.08. The smallest absolute Gasteiger partial charge is 0.162 e.